The first-order valence-electron chi connectivity index (χ1n) is 6.18. The Balaban J connectivity index is 2.06. The molecule has 0 radical (unpaired) electrons. The summed E-state index contributed by atoms with van der Waals surface area (Å²) in [5.74, 6) is -0.0987. The lowest BCUT2D eigenvalue weighted by Gasteiger charge is -2.13. The number of anilines is 1. The summed E-state index contributed by atoms with van der Waals surface area (Å²) in [4.78, 5) is 12.0. The van der Waals surface area contributed by atoms with Gasteiger partial charge in [0.25, 0.3) is 5.91 Å². The van der Waals surface area contributed by atoms with Crippen LogP contribution in [0.25, 0.3) is 0 Å². The van der Waals surface area contributed by atoms with Gasteiger partial charge in [-0.15, -0.1) is 10.2 Å². The predicted octanol–water partition coefficient (Wildman–Crippen LogP) is 2.15. The van der Waals surface area contributed by atoms with Gasteiger partial charge < -0.3 is 10.6 Å². The van der Waals surface area contributed by atoms with E-state index in [1.54, 1.807) is 38.2 Å². The monoisotopic (exact) mass is 274 g/mol. The van der Waals surface area contributed by atoms with E-state index in [-0.39, 0.29) is 23.5 Å². The molecule has 5 nitrogen and oxygen atoms in total. The minimum atomic E-state index is -0.350. The second-order valence-corrected chi connectivity index (χ2v) is 4.30. The molecule has 2 aromatic rings. The van der Waals surface area contributed by atoms with Crippen molar-refractivity contribution in [1.82, 2.24) is 15.5 Å². The van der Waals surface area contributed by atoms with Crippen LogP contribution in [-0.4, -0.2) is 23.2 Å². The molecule has 0 saturated carbocycles. The van der Waals surface area contributed by atoms with Crippen LogP contribution >= 0.6 is 0 Å². The van der Waals surface area contributed by atoms with Gasteiger partial charge in [0.05, 0.1) is 6.04 Å². The predicted molar refractivity (Wildman–Crippen MR) is 73.9 cm³/mol. The Morgan fingerprint density at radius 2 is 2.05 bits per heavy atom. The van der Waals surface area contributed by atoms with E-state index in [4.69, 9.17) is 0 Å². The van der Waals surface area contributed by atoms with Crippen molar-refractivity contribution in [2.24, 2.45) is 0 Å². The van der Waals surface area contributed by atoms with Crippen molar-refractivity contribution in [3.63, 3.8) is 0 Å². The third-order valence-corrected chi connectivity index (χ3v) is 2.85. The summed E-state index contributed by atoms with van der Waals surface area (Å²) >= 11 is 0. The lowest BCUT2D eigenvalue weighted by molar-refractivity contribution is 0.0934. The standard InChI is InChI=1S/C14H15FN4O/c1-9(10-4-3-5-11(15)8-10)17-14(20)12-6-7-13(16-2)19-18-12/h3-9H,1-2H3,(H,16,19)(H,17,20). The topological polar surface area (TPSA) is 66.9 Å². The van der Waals surface area contributed by atoms with Crippen molar-refractivity contribution < 1.29 is 9.18 Å². The number of benzene rings is 1. The second-order valence-electron chi connectivity index (χ2n) is 4.30. The van der Waals surface area contributed by atoms with Gasteiger partial charge >= 0.3 is 0 Å². The van der Waals surface area contributed by atoms with E-state index in [0.717, 1.165) is 0 Å². The summed E-state index contributed by atoms with van der Waals surface area (Å²) < 4.78 is 13.1. The number of hydrogen-bond acceptors (Lipinski definition) is 4. The summed E-state index contributed by atoms with van der Waals surface area (Å²) in [6.07, 6.45) is 0. The van der Waals surface area contributed by atoms with Crippen LogP contribution in [0, 0.1) is 5.82 Å². The molecule has 104 valence electrons. The number of carbonyl (C=O) groups is 1. The second kappa shape index (κ2) is 6.10. The Hall–Kier alpha value is -2.50. The zero-order valence-corrected chi connectivity index (χ0v) is 11.2. The van der Waals surface area contributed by atoms with Crippen LogP contribution in [0.3, 0.4) is 0 Å². The fraction of sp³-hybridized carbons (Fsp3) is 0.214. The lowest BCUT2D eigenvalue weighted by atomic mass is 10.1. The molecule has 1 atom stereocenters. The maximum Gasteiger partial charge on any atom is 0.272 e. The van der Waals surface area contributed by atoms with E-state index in [1.165, 1.54) is 12.1 Å². The highest BCUT2D eigenvalue weighted by Crippen LogP contribution is 2.14. The van der Waals surface area contributed by atoms with Crippen LogP contribution in [-0.2, 0) is 0 Å². The first-order chi connectivity index (χ1) is 9.60. The molecule has 0 aliphatic rings. The number of halogens is 1. The minimum Gasteiger partial charge on any atom is -0.372 e. The Kier molecular flexibility index (Phi) is 4.24. The molecular weight excluding hydrogens is 259 g/mol. The number of nitrogens with one attached hydrogen (secondary N) is 2. The van der Waals surface area contributed by atoms with E-state index in [2.05, 4.69) is 20.8 Å². The van der Waals surface area contributed by atoms with Crippen LogP contribution in [0.2, 0.25) is 0 Å². The normalized spacial score (nSPS) is 11.8. The van der Waals surface area contributed by atoms with Crippen molar-refractivity contribution in [3.8, 4) is 0 Å². The Labute approximate surface area is 116 Å². The van der Waals surface area contributed by atoms with Crippen LogP contribution in [0.4, 0.5) is 10.2 Å². The average molecular weight is 274 g/mol. The largest absolute Gasteiger partial charge is 0.372 e. The number of amides is 1. The Morgan fingerprint density at radius 3 is 2.65 bits per heavy atom. The van der Waals surface area contributed by atoms with E-state index >= 15 is 0 Å². The molecule has 0 aliphatic carbocycles. The van der Waals surface area contributed by atoms with Gasteiger partial charge in [0, 0.05) is 7.05 Å². The van der Waals surface area contributed by atoms with Crippen molar-refractivity contribution in [3.05, 3.63) is 53.5 Å². The summed E-state index contributed by atoms with van der Waals surface area (Å²) in [5, 5.41) is 13.2. The molecular formula is C14H15FN4O. The van der Waals surface area contributed by atoms with Crippen LogP contribution in [0.5, 0.6) is 0 Å². The van der Waals surface area contributed by atoms with E-state index in [1.807, 2.05) is 0 Å². The number of carbonyl (C=O) groups excluding carboxylic acids is 1. The maximum absolute atomic E-state index is 13.1. The van der Waals surface area contributed by atoms with Crippen molar-refractivity contribution in [2.45, 2.75) is 13.0 Å². The molecule has 0 aliphatic heterocycles. The lowest BCUT2D eigenvalue weighted by Crippen LogP contribution is -2.27. The number of aromatic nitrogens is 2. The molecule has 0 spiro atoms. The molecule has 6 heteroatoms. The molecule has 2 N–H and O–H groups in total. The van der Waals surface area contributed by atoms with Crippen molar-refractivity contribution in [2.75, 3.05) is 12.4 Å². The molecule has 0 bridgehead atoms. The first-order valence-corrected chi connectivity index (χ1v) is 6.18. The maximum atomic E-state index is 13.1. The zero-order valence-electron chi connectivity index (χ0n) is 11.2. The highest BCUT2D eigenvalue weighted by Gasteiger charge is 2.13. The number of nitrogens with zero attached hydrogens (tertiary/aromatic N) is 2. The molecule has 1 unspecified atom stereocenters. The Morgan fingerprint density at radius 1 is 1.25 bits per heavy atom. The summed E-state index contributed by atoms with van der Waals surface area (Å²) in [5.41, 5.74) is 0.908. The third kappa shape index (κ3) is 3.28. The molecule has 0 fully saturated rings. The highest BCUT2D eigenvalue weighted by atomic mass is 19.1. The third-order valence-electron chi connectivity index (χ3n) is 2.85. The van der Waals surface area contributed by atoms with Gasteiger partial charge in [-0.05, 0) is 36.8 Å². The molecule has 1 aromatic heterocycles. The minimum absolute atomic E-state index is 0.215. The van der Waals surface area contributed by atoms with Crippen LogP contribution in [0.15, 0.2) is 36.4 Å². The van der Waals surface area contributed by atoms with Gasteiger partial charge in [-0.2, -0.15) is 0 Å². The van der Waals surface area contributed by atoms with E-state index < -0.39 is 0 Å². The smallest absolute Gasteiger partial charge is 0.272 e. The van der Waals surface area contributed by atoms with Crippen LogP contribution in [0.1, 0.15) is 29.0 Å². The van der Waals surface area contributed by atoms with E-state index in [0.29, 0.717) is 11.4 Å². The highest BCUT2D eigenvalue weighted by molar-refractivity contribution is 5.92. The van der Waals surface area contributed by atoms with Crippen molar-refractivity contribution >= 4 is 11.7 Å². The number of hydrogen-bond donors (Lipinski definition) is 2. The summed E-state index contributed by atoms with van der Waals surface area (Å²) in [7, 11) is 1.72. The molecule has 1 heterocycles. The average Bonchev–Trinajstić information content (AvgIpc) is 2.47. The Bertz CT molecular complexity index is 600. The van der Waals surface area contributed by atoms with Gasteiger partial charge in [-0.1, -0.05) is 12.1 Å². The molecule has 1 aromatic carbocycles. The molecule has 0 saturated heterocycles. The fourth-order valence-corrected chi connectivity index (χ4v) is 1.72. The fourth-order valence-electron chi connectivity index (χ4n) is 1.72. The first kappa shape index (κ1) is 13.9. The SMILES string of the molecule is CNc1ccc(C(=O)NC(C)c2cccc(F)c2)nn1. The van der Waals surface area contributed by atoms with Crippen LogP contribution < -0.4 is 10.6 Å². The van der Waals surface area contributed by atoms with Crippen molar-refractivity contribution in [1.29, 1.82) is 0 Å². The molecule has 2 rings (SSSR count). The van der Waals surface area contributed by atoms with Gasteiger partial charge in [0.15, 0.2) is 5.69 Å². The van der Waals surface area contributed by atoms with Gasteiger partial charge in [-0.25, -0.2) is 4.39 Å². The summed E-state index contributed by atoms with van der Waals surface area (Å²) in [6, 6.07) is 9.03. The number of rotatable bonds is 4. The van der Waals surface area contributed by atoms with Gasteiger partial charge in [0.2, 0.25) is 0 Å². The molecule has 1 amide bonds. The van der Waals surface area contributed by atoms with E-state index in [9.17, 15) is 9.18 Å². The van der Waals surface area contributed by atoms with Gasteiger partial charge in [-0.3, -0.25) is 4.79 Å². The summed E-state index contributed by atoms with van der Waals surface area (Å²) in [6.45, 7) is 1.78. The quantitative estimate of drug-likeness (QED) is 0.896. The van der Waals surface area contributed by atoms with Gasteiger partial charge in [0.1, 0.15) is 11.6 Å². The zero-order chi connectivity index (χ0) is 14.5. The molecule has 20 heavy (non-hydrogen) atoms.